The van der Waals surface area contributed by atoms with Gasteiger partial charge in [0, 0.05) is 66.1 Å². The number of carboxylic acid groups (broad SMARTS) is 1. The Kier molecular flexibility index (Phi) is 12.9. The number of carboxylic acids is 1. The van der Waals surface area contributed by atoms with E-state index >= 15 is 0 Å². The van der Waals surface area contributed by atoms with E-state index in [-0.39, 0.29) is 30.3 Å². The van der Waals surface area contributed by atoms with Crippen LogP contribution in [-0.2, 0) is 28.1 Å². The molecular formula is C38H38F3N5O5S. The SMILES string of the molecule is O=C(O)CNC(=O)CCSCc1cccc(C(=O)Nc2ccc(N3CCCCC3)cc2-c2cc(C(=O)NCc3cccc(C(F)(F)F)c3)ccn2)c1. The highest BCUT2D eigenvalue weighted by atomic mass is 32.2. The van der Waals surface area contributed by atoms with Crippen molar-refractivity contribution in [3.8, 4) is 11.3 Å². The van der Waals surface area contributed by atoms with Crippen LogP contribution in [0.25, 0.3) is 11.3 Å². The minimum absolute atomic E-state index is 0.105. The third-order valence-electron chi connectivity index (χ3n) is 8.35. The van der Waals surface area contributed by atoms with Gasteiger partial charge in [-0.2, -0.15) is 24.9 Å². The highest BCUT2D eigenvalue weighted by Crippen LogP contribution is 2.34. The van der Waals surface area contributed by atoms with Gasteiger partial charge in [0.15, 0.2) is 0 Å². The number of alkyl halides is 3. The van der Waals surface area contributed by atoms with E-state index in [1.54, 1.807) is 24.3 Å². The third kappa shape index (κ3) is 10.8. The lowest BCUT2D eigenvalue weighted by Gasteiger charge is -2.29. The van der Waals surface area contributed by atoms with Crippen molar-refractivity contribution >= 4 is 46.8 Å². The number of thioether (sulfide) groups is 1. The standard InChI is InChI=1S/C38H38F3N5O5S/c39-38(40,41)29-9-5-6-25(19-29)22-44-36(50)28-12-14-42-33(20-28)31-21-30(46-15-2-1-3-16-46)10-11-32(31)45-37(51)27-8-4-7-26(18-27)24-52-17-13-34(47)43-23-35(48)49/h4-12,14,18-21H,1-3,13,15-17,22-24H2,(H,43,47)(H,44,50)(H,45,51)(H,48,49). The van der Waals surface area contributed by atoms with Crippen molar-refractivity contribution in [2.75, 3.05) is 35.6 Å². The number of carbonyl (C=O) groups excluding carboxylic acids is 3. The molecule has 2 heterocycles. The van der Waals surface area contributed by atoms with Crippen molar-refractivity contribution < 1.29 is 37.5 Å². The van der Waals surface area contributed by atoms with Crippen LogP contribution in [0.15, 0.2) is 85.1 Å². The number of aliphatic carboxylic acids is 1. The average Bonchev–Trinajstić information content (AvgIpc) is 3.15. The molecule has 0 saturated carbocycles. The van der Waals surface area contributed by atoms with E-state index in [1.807, 2.05) is 24.3 Å². The van der Waals surface area contributed by atoms with Crippen molar-refractivity contribution in [2.24, 2.45) is 0 Å². The number of aromatic nitrogens is 1. The van der Waals surface area contributed by atoms with Crippen LogP contribution < -0.4 is 20.9 Å². The lowest BCUT2D eigenvalue weighted by atomic mass is 10.0. The summed E-state index contributed by atoms with van der Waals surface area (Å²) in [4.78, 5) is 56.0. The predicted molar refractivity (Wildman–Crippen MR) is 194 cm³/mol. The number of halogens is 3. The van der Waals surface area contributed by atoms with Gasteiger partial charge in [-0.15, -0.1) is 0 Å². The van der Waals surface area contributed by atoms with Crippen LogP contribution in [-0.4, -0.2) is 59.2 Å². The van der Waals surface area contributed by atoms with Crippen LogP contribution in [0.3, 0.4) is 0 Å². The fourth-order valence-electron chi connectivity index (χ4n) is 5.68. The van der Waals surface area contributed by atoms with Crippen LogP contribution in [0, 0.1) is 0 Å². The molecule has 0 bridgehead atoms. The summed E-state index contributed by atoms with van der Waals surface area (Å²) in [6, 6.07) is 20.7. The molecule has 52 heavy (non-hydrogen) atoms. The van der Waals surface area contributed by atoms with E-state index < -0.39 is 30.2 Å². The van der Waals surface area contributed by atoms with Crippen molar-refractivity contribution in [1.82, 2.24) is 15.6 Å². The molecule has 1 aliphatic heterocycles. The van der Waals surface area contributed by atoms with Crippen LogP contribution >= 0.6 is 11.8 Å². The van der Waals surface area contributed by atoms with Gasteiger partial charge in [0.25, 0.3) is 11.8 Å². The van der Waals surface area contributed by atoms with E-state index in [1.165, 1.54) is 36.2 Å². The van der Waals surface area contributed by atoms with Gasteiger partial charge in [-0.3, -0.25) is 24.2 Å². The maximum absolute atomic E-state index is 13.6. The minimum atomic E-state index is -4.50. The molecule has 0 aliphatic carbocycles. The molecule has 3 amide bonds. The molecule has 14 heteroatoms. The summed E-state index contributed by atoms with van der Waals surface area (Å²) in [6.07, 6.45) is 0.410. The number of carbonyl (C=O) groups is 4. The van der Waals surface area contributed by atoms with E-state index in [0.29, 0.717) is 39.6 Å². The Morgan fingerprint density at radius 3 is 2.35 bits per heavy atom. The topological polar surface area (TPSA) is 141 Å². The third-order valence-corrected chi connectivity index (χ3v) is 9.38. The first-order valence-electron chi connectivity index (χ1n) is 16.7. The molecule has 0 atom stereocenters. The number of hydrogen-bond acceptors (Lipinski definition) is 7. The maximum atomic E-state index is 13.6. The molecule has 0 radical (unpaired) electrons. The molecule has 272 valence electrons. The van der Waals surface area contributed by atoms with Crippen LogP contribution in [0.1, 0.15) is 63.1 Å². The number of benzene rings is 3. The van der Waals surface area contributed by atoms with Crippen molar-refractivity contribution in [1.29, 1.82) is 0 Å². The second-order valence-corrected chi connectivity index (χ2v) is 13.3. The largest absolute Gasteiger partial charge is 0.480 e. The fraction of sp³-hybridized carbons (Fsp3) is 0.289. The minimum Gasteiger partial charge on any atom is -0.480 e. The Hall–Kier alpha value is -5.37. The first-order chi connectivity index (χ1) is 25.0. The Labute approximate surface area is 303 Å². The number of nitrogens with zero attached hydrogens (tertiary/aromatic N) is 2. The van der Waals surface area contributed by atoms with E-state index in [4.69, 9.17) is 5.11 Å². The van der Waals surface area contributed by atoms with Crippen LogP contribution in [0.5, 0.6) is 0 Å². The fourth-order valence-corrected chi connectivity index (χ4v) is 6.57. The molecule has 1 aromatic heterocycles. The van der Waals surface area contributed by atoms with Gasteiger partial charge in [-0.05, 0) is 85.0 Å². The zero-order valence-corrected chi connectivity index (χ0v) is 29.0. The summed E-state index contributed by atoms with van der Waals surface area (Å²) < 4.78 is 39.5. The zero-order chi connectivity index (χ0) is 37.1. The van der Waals surface area contributed by atoms with Crippen LogP contribution in [0.4, 0.5) is 24.5 Å². The van der Waals surface area contributed by atoms with E-state index in [0.717, 1.165) is 55.7 Å². The quantitative estimate of drug-likeness (QED) is 0.104. The first-order valence-corrected chi connectivity index (χ1v) is 17.9. The summed E-state index contributed by atoms with van der Waals surface area (Å²) in [5.41, 5.74) is 3.50. The maximum Gasteiger partial charge on any atom is 0.416 e. The van der Waals surface area contributed by atoms with Crippen molar-refractivity contribution in [2.45, 2.75) is 44.2 Å². The second kappa shape index (κ2) is 17.7. The number of piperidine rings is 1. The highest BCUT2D eigenvalue weighted by Gasteiger charge is 2.30. The number of rotatable bonds is 14. The number of amides is 3. The van der Waals surface area contributed by atoms with Crippen LogP contribution in [0.2, 0.25) is 0 Å². The summed E-state index contributed by atoms with van der Waals surface area (Å²) in [7, 11) is 0. The zero-order valence-electron chi connectivity index (χ0n) is 28.2. The molecule has 1 aliphatic rings. The molecule has 10 nitrogen and oxygen atoms in total. The summed E-state index contributed by atoms with van der Waals surface area (Å²) in [5.74, 6) is -1.29. The van der Waals surface area contributed by atoms with Crippen molar-refractivity contribution in [3.05, 3.63) is 113 Å². The lowest BCUT2D eigenvalue weighted by Crippen LogP contribution is -2.29. The van der Waals surface area contributed by atoms with Gasteiger partial charge in [-0.25, -0.2) is 0 Å². The molecule has 5 rings (SSSR count). The monoisotopic (exact) mass is 733 g/mol. The first kappa shape index (κ1) is 37.9. The highest BCUT2D eigenvalue weighted by molar-refractivity contribution is 7.98. The predicted octanol–water partition coefficient (Wildman–Crippen LogP) is 6.76. The van der Waals surface area contributed by atoms with E-state index in [9.17, 15) is 32.3 Å². The molecule has 1 fully saturated rings. The van der Waals surface area contributed by atoms with Gasteiger partial charge in [0.1, 0.15) is 6.54 Å². The Balaban J connectivity index is 1.31. The number of nitrogens with one attached hydrogen (secondary N) is 3. The summed E-state index contributed by atoms with van der Waals surface area (Å²) >= 11 is 1.48. The van der Waals surface area contributed by atoms with Gasteiger partial charge in [0.05, 0.1) is 16.9 Å². The average molecular weight is 734 g/mol. The lowest BCUT2D eigenvalue weighted by molar-refractivity contribution is -0.138. The molecule has 0 spiro atoms. The Bertz CT molecular complexity index is 1920. The second-order valence-electron chi connectivity index (χ2n) is 12.2. The van der Waals surface area contributed by atoms with Gasteiger partial charge in [-0.1, -0.05) is 24.3 Å². The number of anilines is 2. The smallest absolute Gasteiger partial charge is 0.416 e. The Morgan fingerprint density at radius 1 is 0.827 bits per heavy atom. The molecule has 3 aromatic carbocycles. The Morgan fingerprint density at radius 2 is 1.58 bits per heavy atom. The van der Waals surface area contributed by atoms with Gasteiger partial charge < -0.3 is 26.0 Å². The van der Waals surface area contributed by atoms with Gasteiger partial charge >= 0.3 is 12.1 Å². The van der Waals surface area contributed by atoms with E-state index in [2.05, 4.69) is 25.8 Å². The summed E-state index contributed by atoms with van der Waals surface area (Å²) in [5, 5.41) is 16.7. The molecular weight excluding hydrogens is 696 g/mol. The summed E-state index contributed by atoms with van der Waals surface area (Å²) in [6.45, 7) is 1.24. The normalized spacial score (nSPS) is 12.9. The molecule has 4 N–H and O–H groups in total. The molecule has 0 unspecified atom stereocenters. The van der Waals surface area contributed by atoms with Crippen molar-refractivity contribution in [3.63, 3.8) is 0 Å². The molecule has 4 aromatic rings. The molecule has 1 saturated heterocycles. The van der Waals surface area contributed by atoms with Gasteiger partial charge in [0.2, 0.25) is 5.91 Å². The number of hydrogen-bond donors (Lipinski definition) is 4. The number of pyridine rings is 1.